The van der Waals surface area contributed by atoms with Gasteiger partial charge in [-0.05, 0) is 79.1 Å². The molecule has 64 heavy (non-hydrogen) atoms. The molecule has 0 unspecified atom stereocenters. The number of anilines is 1. The minimum absolute atomic E-state index is 0.00300. The van der Waals surface area contributed by atoms with Gasteiger partial charge in [-0.2, -0.15) is 18.2 Å². The second-order valence-corrected chi connectivity index (χ2v) is 17.6. The molecule has 0 radical (unpaired) electrons. The van der Waals surface area contributed by atoms with E-state index in [-0.39, 0.29) is 34.9 Å². The summed E-state index contributed by atoms with van der Waals surface area (Å²) in [6, 6.07) is 18.5. The molecule has 19 heteroatoms. The number of benzene rings is 3. The van der Waals surface area contributed by atoms with Crippen LogP contribution in [0.5, 0.6) is 11.5 Å². The zero-order valence-electron chi connectivity index (χ0n) is 33.4. The molecule has 2 aliphatic carbocycles. The third-order valence-electron chi connectivity index (χ3n) is 13.3. The molecule has 4 amide bonds. The van der Waals surface area contributed by atoms with Crippen LogP contribution in [0.3, 0.4) is 0 Å². The fourth-order valence-electron chi connectivity index (χ4n) is 10.6. The molecule has 0 spiro atoms. The molecule has 3 aromatic carbocycles. The van der Waals surface area contributed by atoms with Gasteiger partial charge in [-0.15, -0.1) is 13.2 Å². The number of allylic oxidation sites excluding steroid dienone is 2. The van der Waals surface area contributed by atoms with Crippen molar-refractivity contribution < 1.29 is 55.4 Å². The van der Waals surface area contributed by atoms with Gasteiger partial charge in [0.1, 0.15) is 11.5 Å². The maximum absolute atomic E-state index is 15.4. The van der Waals surface area contributed by atoms with Crippen LogP contribution in [0.25, 0.3) is 0 Å². The number of piperidine rings is 1. The van der Waals surface area contributed by atoms with Crippen molar-refractivity contribution >= 4 is 52.6 Å². The Hall–Kier alpha value is -5.65. The Kier molecular flexibility index (Phi) is 11.0. The number of phenolic OH excluding ortho intramolecular Hbond substituents is 1. The maximum Gasteiger partial charge on any atom is 0.573 e. The van der Waals surface area contributed by atoms with E-state index >= 15 is 4.79 Å². The lowest BCUT2D eigenvalue weighted by Gasteiger charge is -2.50. The first kappa shape index (κ1) is 43.6. The fraction of sp³-hybridized carbons (Fsp3) is 0.356. The SMILES string of the molecule is O=C1[C@@H]2C[C@@H]3C(=CC[C@@H]4C(=O)N(C5CCN(Cc6ccccc6)CC5)C(=O)[C@@H]43)[C@H](c3cc(OC(F)(F)F)ccc3O)[C@]2(c2ccc(Cl)cc2)C(=O)N1Nc1ncc(C(F)(F)F)cc1Cl. The molecule has 4 heterocycles. The van der Waals surface area contributed by atoms with Crippen LogP contribution in [0.2, 0.25) is 10.0 Å². The van der Waals surface area contributed by atoms with E-state index in [1.165, 1.54) is 29.2 Å². The molecule has 3 saturated heterocycles. The van der Waals surface area contributed by atoms with Crippen LogP contribution in [0, 0.1) is 23.7 Å². The van der Waals surface area contributed by atoms with E-state index < -0.39 is 99.2 Å². The summed E-state index contributed by atoms with van der Waals surface area (Å²) in [7, 11) is 0. The third kappa shape index (κ3) is 7.44. The number of aromatic hydroxyl groups is 1. The molecule has 9 rings (SSSR count). The molecule has 6 atom stereocenters. The minimum atomic E-state index is -5.18. The normalized spacial score (nSPS) is 26.4. The average Bonchev–Trinajstić information content (AvgIpc) is 3.62. The quantitative estimate of drug-likeness (QED) is 0.101. The molecule has 2 N–H and O–H groups in total. The number of halogens is 8. The summed E-state index contributed by atoms with van der Waals surface area (Å²) < 4.78 is 86.2. The van der Waals surface area contributed by atoms with Gasteiger partial charge in [0.2, 0.25) is 11.8 Å². The number of phenols is 1. The number of hydrazine groups is 1. The van der Waals surface area contributed by atoms with Gasteiger partial charge in [0.25, 0.3) is 11.8 Å². The van der Waals surface area contributed by atoms with Crippen LogP contribution in [-0.2, 0) is 37.3 Å². The van der Waals surface area contributed by atoms with E-state index in [0.29, 0.717) is 55.3 Å². The van der Waals surface area contributed by atoms with Crippen molar-refractivity contribution in [1.82, 2.24) is 19.8 Å². The number of alkyl halides is 6. The van der Waals surface area contributed by atoms with Crippen LogP contribution in [0.4, 0.5) is 32.2 Å². The number of imide groups is 2. The smallest absolute Gasteiger partial charge is 0.508 e. The lowest BCUT2D eigenvalue weighted by molar-refractivity contribution is -0.274. The van der Waals surface area contributed by atoms with E-state index in [0.717, 1.165) is 23.8 Å². The summed E-state index contributed by atoms with van der Waals surface area (Å²) in [4.78, 5) is 67.0. The summed E-state index contributed by atoms with van der Waals surface area (Å²) in [6.07, 6.45) is -7.11. The third-order valence-corrected chi connectivity index (χ3v) is 13.8. The Labute approximate surface area is 371 Å². The van der Waals surface area contributed by atoms with Gasteiger partial charge in [0.05, 0.1) is 33.8 Å². The lowest BCUT2D eigenvalue weighted by atomic mass is 9.49. The molecule has 5 aliphatic rings. The predicted molar refractivity (Wildman–Crippen MR) is 218 cm³/mol. The topological polar surface area (TPSA) is 132 Å². The van der Waals surface area contributed by atoms with Gasteiger partial charge in [0, 0.05) is 48.4 Å². The number of carbonyl (C=O) groups is 4. The summed E-state index contributed by atoms with van der Waals surface area (Å²) in [5, 5.41) is 11.8. The van der Waals surface area contributed by atoms with Gasteiger partial charge in [0.15, 0.2) is 5.82 Å². The van der Waals surface area contributed by atoms with E-state index in [2.05, 4.69) is 20.0 Å². The van der Waals surface area contributed by atoms with Gasteiger partial charge in [-0.25, -0.2) is 4.98 Å². The molecule has 0 bridgehead atoms. The first-order valence-corrected chi connectivity index (χ1v) is 21.2. The van der Waals surface area contributed by atoms with Crippen molar-refractivity contribution in [3.05, 3.63) is 129 Å². The Balaban J connectivity index is 1.14. The predicted octanol–water partition coefficient (Wildman–Crippen LogP) is 8.66. The van der Waals surface area contributed by atoms with Crippen molar-refractivity contribution in [3.63, 3.8) is 0 Å². The summed E-state index contributed by atoms with van der Waals surface area (Å²) in [5.74, 6) is -10.5. The number of amides is 4. The highest BCUT2D eigenvalue weighted by atomic mass is 35.5. The van der Waals surface area contributed by atoms with Crippen LogP contribution in [-0.4, -0.2) is 74.0 Å². The Morgan fingerprint density at radius 3 is 2.22 bits per heavy atom. The first-order chi connectivity index (χ1) is 30.4. The van der Waals surface area contributed by atoms with E-state index in [1.807, 2.05) is 30.3 Å². The Bertz CT molecular complexity index is 2570. The minimum Gasteiger partial charge on any atom is -0.508 e. The molecule has 1 saturated carbocycles. The molecular formula is C45H37Cl2F6N5O6. The number of rotatable bonds is 8. The highest BCUT2D eigenvalue weighted by molar-refractivity contribution is 6.33. The molecule has 1 aromatic heterocycles. The Morgan fingerprint density at radius 1 is 0.859 bits per heavy atom. The Morgan fingerprint density at radius 2 is 1.56 bits per heavy atom. The van der Waals surface area contributed by atoms with Crippen LogP contribution < -0.4 is 10.2 Å². The van der Waals surface area contributed by atoms with Gasteiger partial charge in [-0.3, -0.25) is 34.4 Å². The monoisotopic (exact) mass is 927 g/mol. The maximum atomic E-state index is 15.4. The second kappa shape index (κ2) is 16.1. The van der Waals surface area contributed by atoms with E-state index in [9.17, 15) is 45.8 Å². The zero-order valence-corrected chi connectivity index (χ0v) is 34.9. The molecule has 4 aromatic rings. The van der Waals surface area contributed by atoms with Crippen molar-refractivity contribution in [2.75, 3.05) is 18.5 Å². The number of carbonyl (C=O) groups excluding carboxylic acids is 4. The van der Waals surface area contributed by atoms with E-state index in [1.54, 1.807) is 6.08 Å². The fourth-order valence-corrected chi connectivity index (χ4v) is 11.0. The van der Waals surface area contributed by atoms with Crippen LogP contribution in [0.1, 0.15) is 53.9 Å². The lowest BCUT2D eigenvalue weighted by Crippen LogP contribution is -2.53. The van der Waals surface area contributed by atoms with Crippen LogP contribution in [0.15, 0.2) is 96.7 Å². The van der Waals surface area contributed by atoms with Crippen molar-refractivity contribution in [1.29, 1.82) is 0 Å². The summed E-state index contributed by atoms with van der Waals surface area (Å²) in [5.41, 5.74) is 0.493. The number of aromatic nitrogens is 1. The molecular weight excluding hydrogens is 891 g/mol. The van der Waals surface area contributed by atoms with Crippen molar-refractivity contribution in [3.8, 4) is 11.5 Å². The number of likely N-dealkylation sites (tertiary alicyclic amines) is 2. The highest BCUT2D eigenvalue weighted by Crippen LogP contribution is 2.65. The van der Waals surface area contributed by atoms with Gasteiger partial charge >= 0.3 is 12.5 Å². The van der Waals surface area contributed by atoms with Crippen molar-refractivity contribution in [2.24, 2.45) is 23.7 Å². The number of nitrogens with one attached hydrogen (secondary N) is 1. The number of hydrogen-bond donors (Lipinski definition) is 2. The zero-order chi connectivity index (χ0) is 45.5. The average molecular weight is 929 g/mol. The molecule has 11 nitrogen and oxygen atoms in total. The number of fused-ring (bicyclic) bond motifs is 4. The number of ether oxygens (including phenoxy) is 1. The standard InChI is InChI=1S/C45H37Cl2F6N5O6/c46-26-8-6-24(7-9-26)43-33(40(61)58(42(43)63)55-38-34(47)18-25(21-54-38)44(48,49)50)20-31-29(37(43)32-19-28(10-13-35(32)59)64-45(51,52)53)11-12-30-36(31)41(62)57(39(30)60)27-14-16-56(17-15-27)22-23-4-2-1-3-5-23/h1-11,13,18-19,21,27,30-31,33,36-37,59H,12,14-17,20,22H2,(H,54,55)/t30-,31+,33-,36-,37+,43+/m0/s1. The second-order valence-electron chi connectivity index (χ2n) is 16.7. The van der Waals surface area contributed by atoms with Crippen molar-refractivity contribution in [2.45, 2.75) is 62.1 Å². The number of hydrogen-bond acceptors (Lipinski definition) is 9. The number of nitrogens with zero attached hydrogens (tertiary/aromatic N) is 4. The van der Waals surface area contributed by atoms with E-state index in [4.69, 9.17) is 23.2 Å². The van der Waals surface area contributed by atoms with Gasteiger partial charge < -0.3 is 9.84 Å². The molecule has 3 aliphatic heterocycles. The first-order valence-electron chi connectivity index (χ1n) is 20.4. The largest absolute Gasteiger partial charge is 0.573 e. The molecule has 334 valence electrons. The van der Waals surface area contributed by atoms with Crippen LogP contribution >= 0.6 is 23.2 Å². The summed E-state index contributed by atoms with van der Waals surface area (Å²) >= 11 is 12.6. The summed E-state index contributed by atoms with van der Waals surface area (Å²) in [6.45, 7) is 1.91. The molecule has 4 fully saturated rings. The van der Waals surface area contributed by atoms with Gasteiger partial charge in [-0.1, -0.05) is 77.3 Å². The number of pyridine rings is 1. The highest BCUT2D eigenvalue weighted by Gasteiger charge is 2.71.